The van der Waals surface area contributed by atoms with Crippen molar-refractivity contribution in [1.82, 2.24) is 10.6 Å². The van der Waals surface area contributed by atoms with Crippen molar-refractivity contribution in [1.29, 1.82) is 0 Å². The van der Waals surface area contributed by atoms with E-state index in [4.69, 9.17) is 0 Å². The molecule has 1 aliphatic carbocycles. The molecule has 0 bridgehead atoms. The highest BCUT2D eigenvalue weighted by atomic mass is 16.2. The SMILES string of the molecule is CC1(C)Cc2ccccc2C1NC1CCCNC1=O. The Balaban J connectivity index is 1.84. The van der Waals surface area contributed by atoms with E-state index >= 15 is 0 Å². The molecule has 1 amide bonds. The summed E-state index contributed by atoms with van der Waals surface area (Å²) in [6.45, 7) is 5.39. The van der Waals surface area contributed by atoms with E-state index in [1.807, 2.05) is 0 Å². The van der Waals surface area contributed by atoms with Crippen LogP contribution in [0.25, 0.3) is 0 Å². The van der Waals surface area contributed by atoms with Crippen LogP contribution in [0.15, 0.2) is 24.3 Å². The van der Waals surface area contributed by atoms with Gasteiger partial charge < -0.3 is 5.32 Å². The molecule has 1 fully saturated rings. The Bertz CT molecular complexity index is 495. The van der Waals surface area contributed by atoms with Crippen molar-refractivity contribution in [2.24, 2.45) is 5.41 Å². The number of amides is 1. The molecule has 3 nitrogen and oxygen atoms in total. The third-order valence-electron chi connectivity index (χ3n) is 4.45. The Morgan fingerprint density at radius 2 is 2.11 bits per heavy atom. The predicted octanol–water partition coefficient (Wildman–Crippen LogP) is 2.18. The highest BCUT2D eigenvalue weighted by Crippen LogP contribution is 2.45. The van der Waals surface area contributed by atoms with Gasteiger partial charge in [-0.2, -0.15) is 0 Å². The van der Waals surface area contributed by atoms with Crippen LogP contribution in [0.2, 0.25) is 0 Å². The van der Waals surface area contributed by atoms with Crippen molar-refractivity contribution >= 4 is 5.91 Å². The van der Waals surface area contributed by atoms with E-state index in [2.05, 4.69) is 48.7 Å². The van der Waals surface area contributed by atoms with Gasteiger partial charge in [-0.05, 0) is 35.8 Å². The van der Waals surface area contributed by atoms with Crippen LogP contribution in [0.3, 0.4) is 0 Å². The minimum Gasteiger partial charge on any atom is -0.355 e. The van der Waals surface area contributed by atoms with Crippen molar-refractivity contribution < 1.29 is 4.79 Å². The molecular formula is C16H22N2O. The number of benzene rings is 1. The number of rotatable bonds is 2. The summed E-state index contributed by atoms with van der Waals surface area (Å²) in [7, 11) is 0. The average Bonchev–Trinajstić information content (AvgIpc) is 2.63. The maximum atomic E-state index is 11.9. The van der Waals surface area contributed by atoms with Crippen LogP contribution in [0.5, 0.6) is 0 Å². The van der Waals surface area contributed by atoms with Crippen molar-refractivity contribution in [2.45, 2.75) is 45.2 Å². The molecule has 0 radical (unpaired) electrons. The van der Waals surface area contributed by atoms with E-state index in [0.717, 1.165) is 25.8 Å². The molecule has 102 valence electrons. The van der Waals surface area contributed by atoms with Gasteiger partial charge in [0.2, 0.25) is 5.91 Å². The van der Waals surface area contributed by atoms with Gasteiger partial charge in [0.25, 0.3) is 0 Å². The summed E-state index contributed by atoms with van der Waals surface area (Å²) in [6, 6.07) is 8.84. The largest absolute Gasteiger partial charge is 0.355 e. The lowest BCUT2D eigenvalue weighted by atomic mass is 9.84. The van der Waals surface area contributed by atoms with Gasteiger partial charge in [0, 0.05) is 12.6 Å². The molecule has 3 rings (SSSR count). The molecule has 1 saturated heterocycles. The molecule has 3 heteroatoms. The number of piperidine rings is 1. The molecule has 1 aromatic rings. The molecule has 1 aromatic carbocycles. The Kier molecular flexibility index (Phi) is 3.09. The summed E-state index contributed by atoms with van der Waals surface area (Å²) in [5, 5.41) is 6.56. The highest BCUT2D eigenvalue weighted by Gasteiger charge is 2.40. The van der Waals surface area contributed by atoms with Gasteiger partial charge in [-0.15, -0.1) is 0 Å². The van der Waals surface area contributed by atoms with E-state index in [1.54, 1.807) is 0 Å². The number of carbonyl (C=O) groups excluding carboxylic acids is 1. The summed E-state index contributed by atoms with van der Waals surface area (Å²) >= 11 is 0. The molecule has 1 heterocycles. The van der Waals surface area contributed by atoms with Crippen LogP contribution in [0, 0.1) is 5.41 Å². The lowest BCUT2D eigenvalue weighted by Gasteiger charge is -2.33. The van der Waals surface area contributed by atoms with Crippen LogP contribution in [0.4, 0.5) is 0 Å². The number of hydrogen-bond acceptors (Lipinski definition) is 2. The molecule has 0 saturated carbocycles. The minimum atomic E-state index is -0.0378. The zero-order valence-electron chi connectivity index (χ0n) is 11.7. The van der Waals surface area contributed by atoms with Gasteiger partial charge in [0.1, 0.15) is 0 Å². The van der Waals surface area contributed by atoms with Crippen LogP contribution < -0.4 is 10.6 Å². The lowest BCUT2D eigenvalue weighted by Crippen LogP contribution is -2.50. The summed E-state index contributed by atoms with van der Waals surface area (Å²) in [5.41, 5.74) is 2.95. The minimum absolute atomic E-state index is 0.0378. The van der Waals surface area contributed by atoms with Gasteiger partial charge in [-0.25, -0.2) is 0 Å². The average molecular weight is 258 g/mol. The summed E-state index contributed by atoms with van der Waals surface area (Å²) in [4.78, 5) is 11.9. The smallest absolute Gasteiger partial charge is 0.237 e. The lowest BCUT2D eigenvalue weighted by molar-refractivity contribution is -0.124. The van der Waals surface area contributed by atoms with E-state index in [-0.39, 0.29) is 23.4 Å². The van der Waals surface area contributed by atoms with E-state index in [9.17, 15) is 4.79 Å². The van der Waals surface area contributed by atoms with Crippen LogP contribution in [-0.2, 0) is 11.2 Å². The van der Waals surface area contributed by atoms with Crippen LogP contribution in [0.1, 0.15) is 43.9 Å². The van der Waals surface area contributed by atoms with E-state index in [1.165, 1.54) is 11.1 Å². The van der Waals surface area contributed by atoms with E-state index in [0.29, 0.717) is 0 Å². The normalized spacial score (nSPS) is 28.8. The second-order valence-electron chi connectivity index (χ2n) is 6.45. The maximum absolute atomic E-state index is 11.9. The number of nitrogens with one attached hydrogen (secondary N) is 2. The van der Waals surface area contributed by atoms with Gasteiger partial charge in [0.05, 0.1) is 6.04 Å². The highest BCUT2D eigenvalue weighted by molar-refractivity contribution is 5.82. The first kappa shape index (κ1) is 12.7. The Labute approximate surface area is 114 Å². The molecule has 0 spiro atoms. The molecule has 2 atom stereocenters. The second-order valence-corrected chi connectivity index (χ2v) is 6.45. The van der Waals surface area contributed by atoms with Crippen molar-refractivity contribution in [3.05, 3.63) is 35.4 Å². The fraction of sp³-hybridized carbons (Fsp3) is 0.562. The van der Waals surface area contributed by atoms with E-state index < -0.39 is 0 Å². The quantitative estimate of drug-likeness (QED) is 0.853. The third-order valence-corrected chi connectivity index (χ3v) is 4.45. The molecule has 2 N–H and O–H groups in total. The van der Waals surface area contributed by atoms with Gasteiger partial charge >= 0.3 is 0 Å². The number of carbonyl (C=O) groups is 1. The summed E-state index contributed by atoms with van der Waals surface area (Å²) in [6.07, 6.45) is 3.09. The fourth-order valence-electron chi connectivity index (χ4n) is 3.44. The molecule has 2 unspecified atom stereocenters. The van der Waals surface area contributed by atoms with Crippen LogP contribution >= 0.6 is 0 Å². The topological polar surface area (TPSA) is 41.1 Å². The monoisotopic (exact) mass is 258 g/mol. The Morgan fingerprint density at radius 1 is 1.32 bits per heavy atom. The predicted molar refractivity (Wildman–Crippen MR) is 75.8 cm³/mol. The van der Waals surface area contributed by atoms with Crippen molar-refractivity contribution in [3.8, 4) is 0 Å². The summed E-state index contributed by atoms with van der Waals surface area (Å²) < 4.78 is 0. The zero-order valence-corrected chi connectivity index (χ0v) is 11.7. The number of fused-ring (bicyclic) bond motifs is 1. The summed E-state index contributed by atoms with van der Waals surface area (Å²) in [5.74, 6) is 0.159. The standard InChI is InChI=1S/C16H22N2O/c1-16(2)10-11-6-3-4-7-12(11)14(16)18-13-8-5-9-17-15(13)19/h3-4,6-7,13-14,18H,5,8-10H2,1-2H3,(H,17,19). The van der Waals surface area contributed by atoms with Crippen LogP contribution in [-0.4, -0.2) is 18.5 Å². The van der Waals surface area contributed by atoms with Gasteiger partial charge in [-0.1, -0.05) is 38.1 Å². The first-order valence-corrected chi connectivity index (χ1v) is 7.19. The second kappa shape index (κ2) is 4.64. The molecule has 0 aromatic heterocycles. The maximum Gasteiger partial charge on any atom is 0.237 e. The molecular weight excluding hydrogens is 236 g/mol. The first-order chi connectivity index (χ1) is 9.08. The fourth-order valence-corrected chi connectivity index (χ4v) is 3.44. The zero-order chi connectivity index (χ0) is 13.5. The molecule has 2 aliphatic rings. The first-order valence-electron chi connectivity index (χ1n) is 7.19. The molecule has 19 heavy (non-hydrogen) atoms. The van der Waals surface area contributed by atoms with Gasteiger partial charge in [0.15, 0.2) is 0 Å². The molecule has 1 aliphatic heterocycles. The Hall–Kier alpha value is -1.35. The third kappa shape index (κ3) is 2.27. The Morgan fingerprint density at radius 3 is 2.89 bits per heavy atom. The number of hydrogen-bond donors (Lipinski definition) is 2. The van der Waals surface area contributed by atoms with Crippen molar-refractivity contribution in [2.75, 3.05) is 6.54 Å². The van der Waals surface area contributed by atoms with Crippen molar-refractivity contribution in [3.63, 3.8) is 0 Å². The van der Waals surface area contributed by atoms with Gasteiger partial charge in [-0.3, -0.25) is 10.1 Å².